The van der Waals surface area contributed by atoms with Crippen molar-refractivity contribution in [1.29, 1.82) is 0 Å². The van der Waals surface area contributed by atoms with Crippen molar-refractivity contribution < 1.29 is 9.59 Å². The highest BCUT2D eigenvalue weighted by molar-refractivity contribution is 6.16. The number of carbonyl (C=O) groups excluding carboxylic acids is 2. The molecule has 0 unspecified atom stereocenters. The van der Waals surface area contributed by atoms with E-state index < -0.39 is 0 Å². The first-order chi connectivity index (χ1) is 16.7. The summed E-state index contributed by atoms with van der Waals surface area (Å²) in [6, 6.07) is 15.4. The monoisotopic (exact) mass is 459 g/mol. The molecular formula is C25H29N7O2. The predicted molar refractivity (Wildman–Crippen MR) is 132 cm³/mol. The van der Waals surface area contributed by atoms with Gasteiger partial charge in [0.25, 0.3) is 5.91 Å². The summed E-state index contributed by atoms with van der Waals surface area (Å²) >= 11 is 0. The molecule has 4 aromatic rings. The maximum atomic E-state index is 13.2. The van der Waals surface area contributed by atoms with Crippen LogP contribution in [0.4, 0.5) is 0 Å². The number of aromatic nitrogens is 3. The van der Waals surface area contributed by atoms with Gasteiger partial charge in [-0.25, -0.2) is 9.97 Å². The number of hydrogen-bond acceptors (Lipinski definition) is 6. The molecule has 2 heterocycles. The Kier molecular flexibility index (Phi) is 7.79. The number of rotatable bonds is 11. The van der Waals surface area contributed by atoms with Crippen molar-refractivity contribution in [3.8, 4) is 0 Å². The summed E-state index contributed by atoms with van der Waals surface area (Å²) in [5.74, 6) is -0.197. The molecule has 0 aliphatic carbocycles. The van der Waals surface area contributed by atoms with Crippen molar-refractivity contribution in [1.82, 2.24) is 30.5 Å². The molecule has 0 atom stereocenters. The molecule has 0 bridgehead atoms. The fourth-order valence-corrected chi connectivity index (χ4v) is 3.99. The molecule has 2 aromatic carbocycles. The van der Waals surface area contributed by atoms with Gasteiger partial charge in [0.05, 0.1) is 29.3 Å². The third kappa shape index (κ3) is 5.75. The van der Waals surface area contributed by atoms with Crippen LogP contribution in [0.5, 0.6) is 0 Å². The standard InChI is InChI=1S/C25H29N7O2/c26-9-12-32(13-10-28-23(33)15-18-16-27-17-30-18)14-11-29-25(34)24-19-5-1-3-7-21(19)31-22-8-4-2-6-20(22)24/h1-8,16-17H,9-15,26H2,(H,27,30)(H,28,33)(H,29,34). The van der Waals surface area contributed by atoms with E-state index in [0.717, 1.165) is 27.5 Å². The first-order valence-corrected chi connectivity index (χ1v) is 11.4. The normalized spacial score (nSPS) is 11.2. The Morgan fingerprint density at radius 2 is 1.56 bits per heavy atom. The number of aromatic amines is 1. The van der Waals surface area contributed by atoms with Gasteiger partial charge in [0.1, 0.15) is 0 Å². The summed E-state index contributed by atoms with van der Waals surface area (Å²) in [5.41, 5.74) is 8.76. The van der Waals surface area contributed by atoms with Crippen LogP contribution in [-0.4, -0.2) is 70.9 Å². The summed E-state index contributed by atoms with van der Waals surface area (Å²) in [4.78, 5) is 38.9. The third-order valence-corrected chi connectivity index (χ3v) is 5.63. The summed E-state index contributed by atoms with van der Waals surface area (Å²) in [6.45, 7) is 3.40. The van der Waals surface area contributed by atoms with Gasteiger partial charge in [-0.1, -0.05) is 36.4 Å². The molecule has 176 valence electrons. The molecular weight excluding hydrogens is 430 g/mol. The Bertz CT molecular complexity index is 1200. The van der Waals surface area contributed by atoms with E-state index in [1.165, 1.54) is 0 Å². The van der Waals surface area contributed by atoms with Gasteiger partial charge in [0.15, 0.2) is 0 Å². The summed E-state index contributed by atoms with van der Waals surface area (Å²) in [5, 5.41) is 7.63. The SMILES string of the molecule is NCCN(CCNC(=O)Cc1cnc[nH]1)CCNC(=O)c1c2ccccc2nc2ccccc12. The van der Waals surface area contributed by atoms with E-state index in [1.807, 2.05) is 48.5 Å². The predicted octanol–water partition coefficient (Wildman–Crippen LogP) is 1.46. The Labute approximate surface area is 197 Å². The molecule has 0 aliphatic rings. The second-order valence-corrected chi connectivity index (χ2v) is 8.01. The summed E-state index contributed by atoms with van der Waals surface area (Å²) in [7, 11) is 0. The van der Waals surface area contributed by atoms with Crippen molar-refractivity contribution in [2.75, 3.05) is 39.3 Å². The van der Waals surface area contributed by atoms with Crippen LogP contribution in [0.1, 0.15) is 16.1 Å². The minimum absolute atomic E-state index is 0.0679. The van der Waals surface area contributed by atoms with Gasteiger partial charge in [0.2, 0.25) is 5.91 Å². The topological polar surface area (TPSA) is 129 Å². The molecule has 0 saturated carbocycles. The molecule has 0 saturated heterocycles. The van der Waals surface area contributed by atoms with Gasteiger partial charge >= 0.3 is 0 Å². The molecule has 34 heavy (non-hydrogen) atoms. The lowest BCUT2D eigenvalue weighted by Gasteiger charge is -2.22. The molecule has 4 rings (SSSR count). The summed E-state index contributed by atoms with van der Waals surface area (Å²) < 4.78 is 0. The smallest absolute Gasteiger partial charge is 0.252 e. The quantitative estimate of drug-likeness (QED) is 0.251. The zero-order valence-electron chi connectivity index (χ0n) is 19.0. The number of carbonyl (C=O) groups is 2. The minimum atomic E-state index is -0.129. The summed E-state index contributed by atoms with van der Waals surface area (Å²) in [6.07, 6.45) is 3.45. The number of para-hydroxylation sites is 2. The van der Waals surface area contributed by atoms with Crippen molar-refractivity contribution in [3.63, 3.8) is 0 Å². The highest BCUT2D eigenvalue weighted by Gasteiger charge is 2.16. The Balaban J connectivity index is 1.34. The molecule has 9 nitrogen and oxygen atoms in total. The number of amides is 2. The molecule has 2 amide bonds. The highest BCUT2D eigenvalue weighted by Crippen LogP contribution is 2.25. The van der Waals surface area contributed by atoms with Crippen molar-refractivity contribution >= 4 is 33.6 Å². The number of benzene rings is 2. The lowest BCUT2D eigenvalue weighted by molar-refractivity contribution is -0.120. The van der Waals surface area contributed by atoms with Crippen LogP contribution < -0.4 is 16.4 Å². The molecule has 0 spiro atoms. The molecule has 5 N–H and O–H groups in total. The Hall–Kier alpha value is -3.82. The van der Waals surface area contributed by atoms with Crippen LogP contribution in [0, 0.1) is 0 Å². The average molecular weight is 460 g/mol. The second-order valence-electron chi connectivity index (χ2n) is 8.01. The number of pyridine rings is 1. The van der Waals surface area contributed by atoms with Crippen LogP contribution in [0.15, 0.2) is 61.1 Å². The van der Waals surface area contributed by atoms with Gasteiger partial charge in [-0.3, -0.25) is 14.5 Å². The van der Waals surface area contributed by atoms with Crippen LogP contribution in [-0.2, 0) is 11.2 Å². The maximum absolute atomic E-state index is 13.2. The molecule has 0 fully saturated rings. The zero-order chi connectivity index (χ0) is 23.8. The van der Waals surface area contributed by atoms with E-state index in [1.54, 1.807) is 12.5 Å². The zero-order valence-corrected chi connectivity index (χ0v) is 19.0. The first-order valence-electron chi connectivity index (χ1n) is 11.4. The maximum Gasteiger partial charge on any atom is 0.252 e. The Morgan fingerprint density at radius 3 is 2.18 bits per heavy atom. The lowest BCUT2D eigenvalue weighted by atomic mass is 10.0. The minimum Gasteiger partial charge on any atom is -0.354 e. The molecule has 2 aromatic heterocycles. The second kappa shape index (κ2) is 11.4. The fraction of sp³-hybridized carbons (Fsp3) is 0.280. The van der Waals surface area contributed by atoms with Crippen LogP contribution in [0.3, 0.4) is 0 Å². The van der Waals surface area contributed by atoms with Crippen LogP contribution >= 0.6 is 0 Å². The number of nitrogens with zero attached hydrogens (tertiary/aromatic N) is 3. The fourth-order valence-electron chi connectivity index (χ4n) is 3.99. The Morgan fingerprint density at radius 1 is 0.912 bits per heavy atom. The van der Waals surface area contributed by atoms with Crippen LogP contribution in [0.25, 0.3) is 21.8 Å². The number of H-pyrrole nitrogens is 1. The average Bonchev–Trinajstić information content (AvgIpc) is 3.35. The largest absolute Gasteiger partial charge is 0.354 e. The first kappa shape index (κ1) is 23.3. The number of fused-ring (bicyclic) bond motifs is 2. The number of nitrogens with one attached hydrogen (secondary N) is 3. The molecule has 9 heteroatoms. The van der Waals surface area contributed by atoms with Gasteiger partial charge < -0.3 is 21.4 Å². The van der Waals surface area contributed by atoms with Crippen molar-refractivity contribution in [3.05, 3.63) is 72.3 Å². The number of nitrogens with two attached hydrogens (primary N) is 1. The van der Waals surface area contributed by atoms with E-state index in [-0.39, 0.29) is 18.2 Å². The van der Waals surface area contributed by atoms with E-state index in [4.69, 9.17) is 5.73 Å². The van der Waals surface area contributed by atoms with E-state index in [9.17, 15) is 9.59 Å². The lowest BCUT2D eigenvalue weighted by Crippen LogP contribution is -2.41. The third-order valence-electron chi connectivity index (χ3n) is 5.63. The van der Waals surface area contributed by atoms with Crippen molar-refractivity contribution in [2.45, 2.75) is 6.42 Å². The van der Waals surface area contributed by atoms with E-state index >= 15 is 0 Å². The number of hydrogen-bond donors (Lipinski definition) is 4. The van der Waals surface area contributed by atoms with Crippen LogP contribution in [0.2, 0.25) is 0 Å². The molecule has 0 aliphatic heterocycles. The molecule has 0 radical (unpaired) electrons. The number of imidazole rings is 1. The van der Waals surface area contributed by atoms with Gasteiger partial charge in [-0.05, 0) is 12.1 Å². The van der Waals surface area contributed by atoms with E-state index in [0.29, 0.717) is 44.8 Å². The van der Waals surface area contributed by atoms with Gasteiger partial charge in [-0.15, -0.1) is 0 Å². The van der Waals surface area contributed by atoms with Crippen molar-refractivity contribution in [2.24, 2.45) is 5.73 Å². The van der Waals surface area contributed by atoms with Gasteiger partial charge in [-0.2, -0.15) is 0 Å². The highest BCUT2D eigenvalue weighted by atomic mass is 16.2. The van der Waals surface area contributed by atoms with Gasteiger partial charge in [0, 0.05) is 61.9 Å². The van der Waals surface area contributed by atoms with E-state index in [2.05, 4.69) is 30.5 Å².